The lowest BCUT2D eigenvalue weighted by molar-refractivity contribution is -0.00195. The maximum atomic E-state index is 9.87. The molecule has 4 heteroatoms. The molecular formula is C16H27NO2S. The van der Waals surface area contributed by atoms with Crippen molar-refractivity contribution >= 4 is 11.8 Å². The average Bonchev–Trinajstić information content (AvgIpc) is 2.49. The normalized spacial score (nSPS) is 15.8. The molecular weight excluding hydrogens is 270 g/mol. The molecule has 0 amide bonds. The summed E-state index contributed by atoms with van der Waals surface area (Å²) in [4.78, 5) is 0. The molecule has 0 aliphatic carbocycles. The standard InChI is InChI=1S/C16H27NO2S/c1-13(20-3)9-10-17-11-16(18)12-19-14(2)15-7-5-4-6-8-15/h4-8,13-14,16-18H,9-12H2,1-3H3. The summed E-state index contributed by atoms with van der Waals surface area (Å²) in [7, 11) is 0. The van der Waals surface area contributed by atoms with Crippen LogP contribution in [-0.2, 0) is 4.74 Å². The van der Waals surface area contributed by atoms with Gasteiger partial charge in [0.1, 0.15) is 0 Å². The molecule has 0 aromatic heterocycles. The van der Waals surface area contributed by atoms with Gasteiger partial charge in [-0.25, -0.2) is 0 Å². The maximum Gasteiger partial charge on any atom is 0.0897 e. The van der Waals surface area contributed by atoms with Crippen molar-refractivity contribution in [3.05, 3.63) is 35.9 Å². The van der Waals surface area contributed by atoms with Crippen molar-refractivity contribution in [1.82, 2.24) is 5.32 Å². The molecule has 0 spiro atoms. The summed E-state index contributed by atoms with van der Waals surface area (Å²) in [5, 5.41) is 13.8. The quantitative estimate of drug-likeness (QED) is 0.652. The van der Waals surface area contributed by atoms with Gasteiger partial charge in [-0.15, -0.1) is 0 Å². The van der Waals surface area contributed by atoms with Crippen molar-refractivity contribution in [3.8, 4) is 0 Å². The first-order valence-corrected chi connectivity index (χ1v) is 8.50. The van der Waals surface area contributed by atoms with E-state index in [-0.39, 0.29) is 6.10 Å². The number of aliphatic hydroxyl groups is 1. The lowest BCUT2D eigenvalue weighted by Gasteiger charge is -2.17. The lowest BCUT2D eigenvalue weighted by atomic mass is 10.1. The van der Waals surface area contributed by atoms with Gasteiger partial charge in [0.2, 0.25) is 0 Å². The summed E-state index contributed by atoms with van der Waals surface area (Å²) in [6.45, 7) is 6.11. The fraction of sp³-hybridized carbons (Fsp3) is 0.625. The highest BCUT2D eigenvalue weighted by Crippen LogP contribution is 2.15. The highest BCUT2D eigenvalue weighted by molar-refractivity contribution is 7.99. The van der Waals surface area contributed by atoms with Crippen molar-refractivity contribution in [2.45, 2.75) is 37.7 Å². The van der Waals surface area contributed by atoms with Gasteiger partial charge in [-0.1, -0.05) is 37.3 Å². The fourth-order valence-corrected chi connectivity index (χ4v) is 2.18. The Bertz CT molecular complexity index is 348. The zero-order chi connectivity index (χ0) is 14.8. The van der Waals surface area contributed by atoms with E-state index in [0.717, 1.165) is 18.5 Å². The van der Waals surface area contributed by atoms with Crippen LogP contribution in [0.15, 0.2) is 30.3 Å². The Labute approximate surface area is 127 Å². The van der Waals surface area contributed by atoms with Crippen LogP contribution in [0.5, 0.6) is 0 Å². The molecule has 3 nitrogen and oxygen atoms in total. The lowest BCUT2D eigenvalue weighted by Crippen LogP contribution is -2.32. The maximum absolute atomic E-state index is 9.87. The highest BCUT2D eigenvalue weighted by Gasteiger charge is 2.09. The molecule has 1 aromatic carbocycles. The number of aliphatic hydroxyl groups excluding tert-OH is 1. The Kier molecular flexibility index (Phi) is 8.94. The van der Waals surface area contributed by atoms with E-state index in [0.29, 0.717) is 18.4 Å². The molecule has 1 rings (SSSR count). The molecule has 0 aliphatic heterocycles. The topological polar surface area (TPSA) is 41.5 Å². The zero-order valence-corrected chi connectivity index (χ0v) is 13.5. The molecule has 1 aromatic rings. The minimum absolute atomic E-state index is 0.0161. The number of benzene rings is 1. The largest absolute Gasteiger partial charge is 0.389 e. The van der Waals surface area contributed by atoms with Gasteiger partial charge in [0, 0.05) is 11.8 Å². The van der Waals surface area contributed by atoms with Crippen molar-refractivity contribution < 1.29 is 9.84 Å². The van der Waals surface area contributed by atoms with Crippen LogP contribution in [-0.4, -0.2) is 42.4 Å². The molecule has 0 saturated heterocycles. The smallest absolute Gasteiger partial charge is 0.0897 e. The van der Waals surface area contributed by atoms with Crippen LogP contribution in [0, 0.1) is 0 Å². The Morgan fingerprint density at radius 2 is 1.95 bits per heavy atom. The summed E-state index contributed by atoms with van der Waals surface area (Å²) in [5.41, 5.74) is 1.14. The first-order valence-electron chi connectivity index (χ1n) is 7.21. The number of hydrogen-bond acceptors (Lipinski definition) is 4. The summed E-state index contributed by atoms with van der Waals surface area (Å²) >= 11 is 1.87. The average molecular weight is 297 g/mol. The molecule has 0 heterocycles. The van der Waals surface area contributed by atoms with Crippen LogP contribution < -0.4 is 5.32 Å². The molecule has 0 aliphatic rings. The third kappa shape index (κ3) is 7.29. The predicted octanol–water partition coefficient (Wildman–Crippen LogP) is 2.86. The molecule has 0 fully saturated rings. The van der Waals surface area contributed by atoms with E-state index in [4.69, 9.17) is 4.74 Å². The van der Waals surface area contributed by atoms with Crippen LogP contribution in [0.25, 0.3) is 0 Å². The van der Waals surface area contributed by atoms with E-state index in [2.05, 4.69) is 18.5 Å². The molecule has 3 unspecified atom stereocenters. The second kappa shape index (κ2) is 10.2. The van der Waals surface area contributed by atoms with Gasteiger partial charge in [-0.3, -0.25) is 0 Å². The summed E-state index contributed by atoms with van der Waals surface area (Å²) in [6, 6.07) is 10.1. The van der Waals surface area contributed by atoms with Crippen LogP contribution in [0.3, 0.4) is 0 Å². The predicted molar refractivity (Wildman–Crippen MR) is 87.3 cm³/mol. The molecule has 3 atom stereocenters. The van der Waals surface area contributed by atoms with Gasteiger partial charge in [-0.2, -0.15) is 11.8 Å². The number of ether oxygens (including phenoxy) is 1. The van der Waals surface area contributed by atoms with E-state index in [9.17, 15) is 5.11 Å². The van der Waals surface area contributed by atoms with E-state index < -0.39 is 6.10 Å². The third-order valence-corrected chi connectivity index (χ3v) is 4.36. The Morgan fingerprint density at radius 3 is 2.60 bits per heavy atom. The van der Waals surface area contributed by atoms with Gasteiger partial charge < -0.3 is 15.2 Å². The van der Waals surface area contributed by atoms with Crippen LogP contribution >= 0.6 is 11.8 Å². The van der Waals surface area contributed by atoms with Gasteiger partial charge in [0.05, 0.1) is 18.8 Å². The Hall–Kier alpha value is -0.550. The Morgan fingerprint density at radius 1 is 1.25 bits per heavy atom. The monoisotopic (exact) mass is 297 g/mol. The van der Waals surface area contributed by atoms with E-state index in [1.54, 1.807) is 0 Å². The van der Waals surface area contributed by atoms with Crippen molar-refractivity contribution in [3.63, 3.8) is 0 Å². The van der Waals surface area contributed by atoms with Crippen molar-refractivity contribution in [1.29, 1.82) is 0 Å². The number of rotatable bonds is 10. The van der Waals surface area contributed by atoms with E-state index >= 15 is 0 Å². The molecule has 0 bridgehead atoms. The highest BCUT2D eigenvalue weighted by atomic mass is 32.2. The summed E-state index contributed by atoms with van der Waals surface area (Å²) in [5.74, 6) is 0. The van der Waals surface area contributed by atoms with Crippen LogP contribution in [0.1, 0.15) is 31.9 Å². The van der Waals surface area contributed by atoms with Gasteiger partial charge in [0.25, 0.3) is 0 Å². The summed E-state index contributed by atoms with van der Waals surface area (Å²) < 4.78 is 5.70. The van der Waals surface area contributed by atoms with Gasteiger partial charge >= 0.3 is 0 Å². The van der Waals surface area contributed by atoms with E-state index in [1.807, 2.05) is 49.0 Å². The molecule has 20 heavy (non-hydrogen) atoms. The summed E-state index contributed by atoms with van der Waals surface area (Å²) in [6.07, 6.45) is 2.81. The number of hydrogen-bond donors (Lipinski definition) is 2. The van der Waals surface area contributed by atoms with Gasteiger partial charge in [0.15, 0.2) is 0 Å². The van der Waals surface area contributed by atoms with Crippen molar-refractivity contribution in [2.75, 3.05) is 26.0 Å². The second-order valence-corrected chi connectivity index (χ2v) is 6.36. The molecule has 0 radical (unpaired) electrons. The van der Waals surface area contributed by atoms with E-state index in [1.165, 1.54) is 0 Å². The SMILES string of the molecule is CSC(C)CCNCC(O)COC(C)c1ccccc1. The van der Waals surface area contributed by atoms with Crippen LogP contribution in [0.2, 0.25) is 0 Å². The van der Waals surface area contributed by atoms with Gasteiger partial charge in [-0.05, 0) is 31.7 Å². The molecule has 2 N–H and O–H groups in total. The fourth-order valence-electron chi connectivity index (χ4n) is 1.83. The molecule has 0 saturated carbocycles. The third-order valence-electron chi connectivity index (χ3n) is 3.32. The number of thioether (sulfide) groups is 1. The first kappa shape index (κ1) is 17.5. The first-order chi connectivity index (χ1) is 9.63. The number of nitrogens with one attached hydrogen (secondary N) is 1. The zero-order valence-electron chi connectivity index (χ0n) is 12.7. The Balaban J connectivity index is 2.12. The van der Waals surface area contributed by atoms with Crippen LogP contribution in [0.4, 0.5) is 0 Å². The minimum Gasteiger partial charge on any atom is -0.389 e. The minimum atomic E-state index is -0.453. The van der Waals surface area contributed by atoms with Crippen molar-refractivity contribution in [2.24, 2.45) is 0 Å². The molecule has 114 valence electrons. The second-order valence-electron chi connectivity index (χ2n) is 5.08.